The number of rotatable bonds is 9. The summed E-state index contributed by atoms with van der Waals surface area (Å²) in [6, 6.07) is 6.35. The van der Waals surface area contributed by atoms with Crippen molar-refractivity contribution in [2.45, 2.75) is 65.0 Å². The van der Waals surface area contributed by atoms with E-state index in [4.69, 9.17) is 13.3 Å². The molecule has 26 heavy (non-hydrogen) atoms. The van der Waals surface area contributed by atoms with Gasteiger partial charge in [0.15, 0.2) is 8.32 Å². The second-order valence-electron chi connectivity index (χ2n) is 10.1. The molecule has 150 valence electrons. The molecule has 0 fully saturated rings. The Balaban J connectivity index is 3.30. The molecule has 1 aromatic rings. The second-order valence-corrected chi connectivity index (χ2v) is 23.4. The highest BCUT2D eigenvalue weighted by molar-refractivity contribution is 6.71. The average Bonchev–Trinajstić information content (AvgIpc) is 2.34. The van der Waals surface area contributed by atoms with Crippen molar-refractivity contribution in [2.75, 3.05) is 20.6 Å². The van der Waals surface area contributed by atoms with E-state index in [1.807, 2.05) is 0 Å². The first-order valence-electron chi connectivity index (χ1n) is 9.40. The van der Waals surface area contributed by atoms with E-state index >= 15 is 0 Å². The molecule has 7 heteroatoms. The smallest absolute Gasteiger partial charge is 0.242 e. The van der Waals surface area contributed by atoms with Gasteiger partial charge in [0.25, 0.3) is 0 Å². The molecule has 0 aliphatic carbocycles. The van der Waals surface area contributed by atoms with Gasteiger partial charge in [-0.25, -0.2) is 0 Å². The van der Waals surface area contributed by atoms with Crippen LogP contribution >= 0.6 is 0 Å². The van der Waals surface area contributed by atoms with Gasteiger partial charge in [0.05, 0.1) is 6.10 Å². The molecule has 1 aromatic carbocycles. The lowest BCUT2D eigenvalue weighted by atomic mass is 10.1. The first-order valence-corrected chi connectivity index (χ1v) is 19.6. The van der Waals surface area contributed by atoms with Crippen LogP contribution in [0.15, 0.2) is 18.2 Å². The quantitative estimate of drug-likeness (QED) is 0.495. The fraction of sp³-hybridized carbons (Fsp3) is 0.684. The summed E-state index contributed by atoms with van der Waals surface area (Å²) in [4.78, 5) is 2.18. The Kier molecular flexibility index (Phi) is 7.75. The van der Waals surface area contributed by atoms with Gasteiger partial charge in [-0.05, 0) is 90.7 Å². The third-order valence-electron chi connectivity index (χ3n) is 3.20. The van der Waals surface area contributed by atoms with Crippen LogP contribution in [0.3, 0.4) is 0 Å². The number of nitrogens with zero attached hydrogens (tertiary/aromatic N) is 1. The Morgan fingerprint density at radius 3 is 1.69 bits per heavy atom. The summed E-state index contributed by atoms with van der Waals surface area (Å²) in [6.45, 7) is 20.8. The monoisotopic (exact) mass is 413 g/mol. The molecule has 0 bridgehead atoms. The van der Waals surface area contributed by atoms with Gasteiger partial charge in [-0.1, -0.05) is 6.07 Å². The molecule has 0 N–H and O–H groups in total. The zero-order valence-corrected chi connectivity index (χ0v) is 21.7. The summed E-state index contributed by atoms with van der Waals surface area (Å²) >= 11 is 0. The van der Waals surface area contributed by atoms with E-state index < -0.39 is 25.0 Å². The second kappa shape index (κ2) is 8.60. The molecule has 0 aliphatic rings. The highest BCUT2D eigenvalue weighted by Crippen LogP contribution is 2.35. The molecule has 0 radical (unpaired) electrons. The Bertz CT molecular complexity index is 587. The van der Waals surface area contributed by atoms with E-state index in [-0.39, 0.29) is 6.10 Å². The molecule has 0 amide bonds. The highest BCUT2D eigenvalue weighted by atomic mass is 28.4. The molecule has 0 heterocycles. The minimum absolute atomic E-state index is 0.0431. The predicted molar refractivity (Wildman–Crippen MR) is 120 cm³/mol. The highest BCUT2D eigenvalue weighted by Gasteiger charge is 2.27. The standard InChI is InChI=1S/C19H39NO3Si3/c1-20(2)15-19(23-26(9,10)11)16-12-13-17(21-24(3,4)5)18(14-16)22-25(6,7)8/h12-14,19H,15H2,1-11H3. The molecule has 0 saturated carbocycles. The van der Waals surface area contributed by atoms with Gasteiger partial charge in [0.1, 0.15) is 11.5 Å². The van der Waals surface area contributed by atoms with Crippen LogP contribution in [-0.2, 0) is 4.43 Å². The van der Waals surface area contributed by atoms with Gasteiger partial charge in [-0.2, -0.15) is 0 Å². The van der Waals surface area contributed by atoms with Gasteiger partial charge in [0.2, 0.25) is 16.6 Å². The summed E-state index contributed by atoms with van der Waals surface area (Å²) in [5, 5.41) is 0. The first kappa shape index (κ1) is 23.4. The zero-order valence-electron chi connectivity index (χ0n) is 18.7. The van der Waals surface area contributed by atoms with Crippen molar-refractivity contribution in [1.29, 1.82) is 0 Å². The molecule has 0 saturated heterocycles. The third kappa shape index (κ3) is 9.36. The van der Waals surface area contributed by atoms with Crippen LogP contribution in [0.5, 0.6) is 11.5 Å². The SMILES string of the molecule is CN(C)CC(O[Si](C)(C)C)c1ccc(O[Si](C)(C)C)c(O[Si](C)(C)C)c1. The van der Waals surface area contributed by atoms with Crippen molar-refractivity contribution in [2.24, 2.45) is 0 Å². The molecule has 0 aliphatic heterocycles. The van der Waals surface area contributed by atoms with Crippen molar-refractivity contribution >= 4 is 25.0 Å². The number of likely N-dealkylation sites (N-methyl/N-ethyl adjacent to an activating group) is 1. The number of hydrogen-bond donors (Lipinski definition) is 0. The average molecular weight is 414 g/mol. The van der Waals surface area contributed by atoms with Crippen LogP contribution in [-0.4, -0.2) is 50.5 Å². The summed E-state index contributed by atoms with van der Waals surface area (Å²) in [7, 11) is -0.956. The molecule has 0 spiro atoms. The topological polar surface area (TPSA) is 30.9 Å². The van der Waals surface area contributed by atoms with Crippen LogP contribution < -0.4 is 8.85 Å². The maximum atomic E-state index is 6.48. The lowest BCUT2D eigenvalue weighted by molar-refractivity contribution is 0.155. The van der Waals surface area contributed by atoms with Crippen molar-refractivity contribution < 1.29 is 13.3 Å². The molecule has 1 unspecified atom stereocenters. The van der Waals surface area contributed by atoms with E-state index in [1.165, 1.54) is 0 Å². The molecule has 4 nitrogen and oxygen atoms in total. The van der Waals surface area contributed by atoms with Crippen molar-refractivity contribution in [3.05, 3.63) is 23.8 Å². The van der Waals surface area contributed by atoms with Gasteiger partial charge in [-0.3, -0.25) is 0 Å². The van der Waals surface area contributed by atoms with E-state index in [2.05, 4.69) is 96.1 Å². The Labute approximate surface area is 164 Å². The fourth-order valence-corrected chi connectivity index (χ4v) is 5.23. The van der Waals surface area contributed by atoms with Crippen LogP contribution in [0.2, 0.25) is 58.9 Å². The zero-order chi connectivity index (χ0) is 20.3. The summed E-state index contributed by atoms with van der Waals surface area (Å²) in [5.41, 5.74) is 1.16. The Morgan fingerprint density at radius 2 is 1.27 bits per heavy atom. The van der Waals surface area contributed by atoms with Crippen molar-refractivity contribution in [3.8, 4) is 11.5 Å². The predicted octanol–water partition coefficient (Wildman–Crippen LogP) is 5.57. The summed E-state index contributed by atoms with van der Waals surface area (Å²) in [5.74, 6) is 1.74. The van der Waals surface area contributed by atoms with Gasteiger partial charge in [0, 0.05) is 6.54 Å². The molecular weight excluding hydrogens is 374 g/mol. The van der Waals surface area contributed by atoms with Gasteiger partial charge >= 0.3 is 0 Å². The third-order valence-corrected chi connectivity index (χ3v) is 5.85. The van der Waals surface area contributed by atoms with E-state index in [9.17, 15) is 0 Å². The maximum Gasteiger partial charge on any atom is 0.242 e. The largest absolute Gasteiger partial charge is 0.542 e. The van der Waals surface area contributed by atoms with E-state index in [0.717, 1.165) is 23.6 Å². The summed E-state index contributed by atoms with van der Waals surface area (Å²) in [6.07, 6.45) is 0.0431. The van der Waals surface area contributed by atoms with E-state index in [1.54, 1.807) is 0 Å². The molecule has 1 rings (SSSR count). The molecule has 0 aromatic heterocycles. The van der Waals surface area contributed by atoms with Crippen LogP contribution in [0.4, 0.5) is 0 Å². The molecule has 1 atom stereocenters. The van der Waals surface area contributed by atoms with Crippen molar-refractivity contribution in [3.63, 3.8) is 0 Å². The van der Waals surface area contributed by atoms with Gasteiger partial charge in [-0.15, -0.1) is 0 Å². The summed E-state index contributed by atoms with van der Waals surface area (Å²) < 4.78 is 19.2. The normalized spacial score (nSPS) is 14.5. The Hall–Kier alpha value is -0.609. The number of hydrogen-bond acceptors (Lipinski definition) is 4. The van der Waals surface area contributed by atoms with Gasteiger partial charge < -0.3 is 18.2 Å². The van der Waals surface area contributed by atoms with Crippen LogP contribution in [0.1, 0.15) is 11.7 Å². The fourth-order valence-electron chi connectivity index (χ4n) is 2.52. The van der Waals surface area contributed by atoms with E-state index in [0.29, 0.717) is 0 Å². The van der Waals surface area contributed by atoms with Crippen molar-refractivity contribution in [1.82, 2.24) is 4.90 Å². The molecular formula is C19H39NO3Si3. The Morgan fingerprint density at radius 1 is 0.769 bits per heavy atom. The number of benzene rings is 1. The lowest BCUT2D eigenvalue weighted by Crippen LogP contribution is -2.34. The van der Waals surface area contributed by atoms with Crippen LogP contribution in [0.25, 0.3) is 0 Å². The first-order chi connectivity index (χ1) is 11.6. The minimum Gasteiger partial charge on any atom is -0.542 e. The van der Waals surface area contributed by atoms with Crippen LogP contribution in [0, 0.1) is 0 Å². The maximum absolute atomic E-state index is 6.48. The lowest BCUT2D eigenvalue weighted by Gasteiger charge is -2.31. The minimum atomic E-state index is -1.75.